The Morgan fingerprint density at radius 2 is 1.76 bits per heavy atom. The van der Waals surface area contributed by atoms with Crippen LogP contribution < -0.4 is 16.0 Å². The quantitative estimate of drug-likeness (QED) is 0.520. The van der Waals surface area contributed by atoms with Gasteiger partial charge in [0.05, 0.1) is 28.2 Å². The molecule has 0 unspecified atom stereocenters. The number of alkyl halides is 3. The fraction of sp³-hybridized carbons (Fsp3) is 0.238. The molecule has 0 spiro atoms. The number of nitrogens with one attached hydrogen (secondary N) is 3. The van der Waals surface area contributed by atoms with Crippen molar-refractivity contribution in [1.29, 1.82) is 0 Å². The number of aryl methyl sites for hydroxylation is 1. The van der Waals surface area contributed by atoms with E-state index < -0.39 is 17.6 Å². The minimum atomic E-state index is -4.70. The molecule has 2 aromatic heterocycles. The molecule has 0 saturated heterocycles. The second-order valence-electron chi connectivity index (χ2n) is 7.25. The summed E-state index contributed by atoms with van der Waals surface area (Å²) >= 11 is 0. The van der Waals surface area contributed by atoms with Gasteiger partial charge < -0.3 is 20.9 Å². The number of amides is 2. The van der Waals surface area contributed by atoms with Crippen molar-refractivity contribution in [3.8, 4) is 0 Å². The van der Waals surface area contributed by atoms with Gasteiger partial charge in [-0.1, -0.05) is 12.1 Å². The second-order valence-corrected chi connectivity index (χ2v) is 7.25. The van der Waals surface area contributed by atoms with E-state index in [9.17, 15) is 22.8 Å². The second kappa shape index (κ2) is 9.18. The van der Waals surface area contributed by atoms with E-state index in [1.54, 1.807) is 33.3 Å². The van der Waals surface area contributed by atoms with Gasteiger partial charge in [-0.25, -0.2) is 4.98 Å². The van der Waals surface area contributed by atoms with E-state index in [1.807, 2.05) is 0 Å². The van der Waals surface area contributed by atoms with Gasteiger partial charge in [0.15, 0.2) is 5.69 Å². The molecule has 174 valence electrons. The van der Waals surface area contributed by atoms with Crippen LogP contribution in [0.25, 0.3) is 0 Å². The van der Waals surface area contributed by atoms with Crippen molar-refractivity contribution in [3.63, 3.8) is 0 Å². The predicted octanol–water partition coefficient (Wildman–Crippen LogP) is 3.38. The fourth-order valence-electron chi connectivity index (χ4n) is 3.01. The average Bonchev–Trinajstić information content (AvgIpc) is 3.12. The topological polar surface area (TPSA) is 104 Å². The number of halogens is 3. The molecule has 12 heteroatoms. The van der Waals surface area contributed by atoms with Gasteiger partial charge in [0, 0.05) is 46.7 Å². The Morgan fingerprint density at radius 1 is 1.06 bits per heavy atom. The van der Waals surface area contributed by atoms with E-state index in [-0.39, 0.29) is 40.0 Å². The number of hydrogen-bond donors (Lipinski definition) is 3. The van der Waals surface area contributed by atoms with E-state index in [1.165, 1.54) is 35.0 Å². The van der Waals surface area contributed by atoms with Crippen molar-refractivity contribution in [2.24, 2.45) is 7.05 Å². The van der Waals surface area contributed by atoms with Gasteiger partial charge >= 0.3 is 6.18 Å². The summed E-state index contributed by atoms with van der Waals surface area (Å²) in [5, 5.41) is 12.1. The minimum Gasteiger partial charge on any atom is -0.355 e. The van der Waals surface area contributed by atoms with Crippen molar-refractivity contribution in [2.75, 3.05) is 31.8 Å². The molecule has 0 aliphatic carbocycles. The normalized spacial score (nSPS) is 11.1. The lowest BCUT2D eigenvalue weighted by atomic mass is 10.1. The van der Waals surface area contributed by atoms with E-state index in [0.29, 0.717) is 6.20 Å². The Kier molecular flexibility index (Phi) is 6.56. The summed E-state index contributed by atoms with van der Waals surface area (Å²) in [6.45, 7) is 0. The molecule has 0 bridgehead atoms. The van der Waals surface area contributed by atoms with Crippen LogP contribution in [0.2, 0.25) is 0 Å². The Bertz CT molecular complexity index is 1190. The van der Waals surface area contributed by atoms with E-state index >= 15 is 0 Å². The molecule has 2 heterocycles. The fourth-order valence-corrected chi connectivity index (χ4v) is 3.01. The largest absolute Gasteiger partial charge is 0.419 e. The van der Waals surface area contributed by atoms with Crippen LogP contribution in [0.4, 0.5) is 36.1 Å². The summed E-state index contributed by atoms with van der Waals surface area (Å²) < 4.78 is 42.4. The lowest BCUT2D eigenvalue weighted by Crippen LogP contribution is -2.23. The highest BCUT2D eigenvalue weighted by atomic mass is 19.4. The number of carbonyl (C=O) groups excluding carboxylic acids is 2. The first-order valence-electron chi connectivity index (χ1n) is 9.69. The molecule has 3 N–H and O–H groups in total. The maximum absolute atomic E-state index is 13.7. The molecule has 1 aromatic carbocycles. The summed E-state index contributed by atoms with van der Waals surface area (Å²) in [5.74, 6) is -0.798. The first-order valence-corrected chi connectivity index (χ1v) is 9.69. The van der Waals surface area contributed by atoms with Gasteiger partial charge in [0.1, 0.15) is 5.82 Å². The molecule has 0 fully saturated rings. The van der Waals surface area contributed by atoms with Crippen LogP contribution in [0.3, 0.4) is 0 Å². The van der Waals surface area contributed by atoms with E-state index in [0.717, 1.165) is 6.07 Å². The van der Waals surface area contributed by atoms with Crippen molar-refractivity contribution >= 4 is 34.7 Å². The Morgan fingerprint density at radius 3 is 2.39 bits per heavy atom. The summed E-state index contributed by atoms with van der Waals surface area (Å²) in [4.78, 5) is 29.7. The maximum Gasteiger partial charge on any atom is 0.419 e. The third-order valence-corrected chi connectivity index (χ3v) is 4.58. The van der Waals surface area contributed by atoms with Crippen molar-refractivity contribution in [2.45, 2.75) is 6.18 Å². The van der Waals surface area contributed by atoms with E-state index in [2.05, 4.69) is 26.0 Å². The number of nitrogens with zero attached hydrogens (tertiary/aromatic N) is 4. The number of aromatic nitrogens is 3. The van der Waals surface area contributed by atoms with Crippen LogP contribution in [0.1, 0.15) is 26.4 Å². The zero-order valence-electron chi connectivity index (χ0n) is 18.3. The van der Waals surface area contributed by atoms with Gasteiger partial charge in [0.2, 0.25) is 0 Å². The molecule has 2 amide bonds. The van der Waals surface area contributed by atoms with Crippen molar-refractivity contribution in [1.82, 2.24) is 25.0 Å². The number of para-hydroxylation sites is 1. The van der Waals surface area contributed by atoms with Crippen LogP contribution in [-0.2, 0) is 13.2 Å². The minimum absolute atomic E-state index is 0.0451. The molecule has 0 atom stereocenters. The number of pyridine rings is 1. The first-order chi connectivity index (χ1) is 15.5. The van der Waals surface area contributed by atoms with Gasteiger partial charge in [-0.2, -0.15) is 18.3 Å². The SMILES string of the molecule is CNC(=O)c1ccccc1Nc1cc(Nc2cn(C)nc2C(=O)N(C)C)ncc1C(F)(F)F. The lowest BCUT2D eigenvalue weighted by Gasteiger charge is -2.17. The van der Waals surface area contributed by atoms with Crippen LogP contribution in [-0.4, -0.2) is 52.6 Å². The molecular weight excluding hydrogens is 439 g/mol. The van der Waals surface area contributed by atoms with Gasteiger partial charge in [-0.3, -0.25) is 14.3 Å². The summed E-state index contributed by atoms with van der Waals surface area (Å²) in [5.41, 5.74) is -0.616. The molecule has 3 rings (SSSR count). The third kappa shape index (κ3) is 5.22. The molecule has 0 aliphatic heterocycles. The molecular formula is C21H22F3N7O2. The number of anilines is 4. The summed E-state index contributed by atoms with van der Waals surface area (Å²) in [6.07, 6.45) is -2.50. The molecule has 3 aromatic rings. The van der Waals surface area contributed by atoms with Gasteiger partial charge in [-0.15, -0.1) is 0 Å². The van der Waals surface area contributed by atoms with Crippen molar-refractivity contribution in [3.05, 3.63) is 59.5 Å². The molecule has 9 nitrogen and oxygen atoms in total. The highest BCUT2D eigenvalue weighted by molar-refractivity contribution is 6.00. The Hall–Kier alpha value is -4.09. The van der Waals surface area contributed by atoms with Crippen LogP contribution in [0.15, 0.2) is 42.7 Å². The monoisotopic (exact) mass is 461 g/mol. The molecule has 0 aliphatic rings. The van der Waals surface area contributed by atoms with Crippen molar-refractivity contribution < 1.29 is 22.8 Å². The Labute approximate surface area is 187 Å². The van der Waals surface area contributed by atoms with Crippen LogP contribution in [0, 0.1) is 0 Å². The lowest BCUT2D eigenvalue weighted by molar-refractivity contribution is -0.137. The Balaban J connectivity index is 2.03. The first kappa shape index (κ1) is 23.6. The number of benzene rings is 1. The third-order valence-electron chi connectivity index (χ3n) is 4.58. The molecule has 33 heavy (non-hydrogen) atoms. The number of rotatable bonds is 6. The maximum atomic E-state index is 13.7. The zero-order chi connectivity index (χ0) is 24.3. The number of carbonyl (C=O) groups is 2. The zero-order valence-corrected chi connectivity index (χ0v) is 18.3. The van der Waals surface area contributed by atoms with Crippen LogP contribution >= 0.6 is 0 Å². The van der Waals surface area contributed by atoms with E-state index in [4.69, 9.17) is 0 Å². The number of hydrogen-bond acceptors (Lipinski definition) is 6. The summed E-state index contributed by atoms with van der Waals surface area (Å²) in [6, 6.07) is 7.33. The molecule has 0 radical (unpaired) electrons. The predicted molar refractivity (Wildman–Crippen MR) is 117 cm³/mol. The van der Waals surface area contributed by atoms with Crippen LogP contribution in [0.5, 0.6) is 0 Å². The highest BCUT2D eigenvalue weighted by Gasteiger charge is 2.34. The van der Waals surface area contributed by atoms with Gasteiger partial charge in [0.25, 0.3) is 11.8 Å². The smallest absolute Gasteiger partial charge is 0.355 e. The van der Waals surface area contributed by atoms with Gasteiger partial charge in [-0.05, 0) is 12.1 Å². The summed E-state index contributed by atoms with van der Waals surface area (Å²) in [7, 11) is 6.15. The average molecular weight is 461 g/mol. The standard InChI is InChI=1S/C21H22F3N7O2/c1-25-19(32)12-7-5-6-8-14(12)27-15-9-17(26-10-13(15)21(22,23)24)28-16-11-31(4)29-18(16)20(33)30(2)3/h5-11H,1-4H3,(H,25,32)(H2,26,27,28). The molecule has 0 saturated carbocycles. The highest BCUT2D eigenvalue weighted by Crippen LogP contribution is 2.37.